The molecular weight excluding hydrogens is 180 g/mol. The Morgan fingerprint density at radius 1 is 1.00 bits per heavy atom. The summed E-state index contributed by atoms with van der Waals surface area (Å²) in [6.45, 7) is 13.2. The van der Waals surface area contributed by atoms with Crippen LogP contribution in [0.25, 0.3) is 0 Å². The molecule has 0 nitrogen and oxygen atoms in total. The van der Waals surface area contributed by atoms with Gasteiger partial charge in [0.2, 0.25) is 0 Å². The Balaban J connectivity index is 3.37. The molecule has 0 N–H and O–H groups in total. The molecule has 0 aliphatic heterocycles. The fraction of sp³-hybridized carbons (Fsp3) is 0.867. The summed E-state index contributed by atoms with van der Waals surface area (Å²) in [4.78, 5) is 0. The van der Waals surface area contributed by atoms with Crippen LogP contribution in [-0.2, 0) is 0 Å². The fourth-order valence-electron chi connectivity index (χ4n) is 2.09. The van der Waals surface area contributed by atoms with Crippen LogP contribution in [-0.4, -0.2) is 0 Å². The van der Waals surface area contributed by atoms with E-state index >= 15 is 0 Å². The van der Waals surface area contributed by atoms with Crippen LogP contribution < -0.4 is 0 Å². The van der Waals surface area contributed by atoms with Gasteiger partial charge in [0.25, 0.3) is 0 Å². The first-order chi connectivity index (χ1) is 7.06. The highest BCUT2D eigenvalue weighted by atomic mass is 14.1. The third-order valence-electron chi connectivity index (χ3n) is 3.24. The van der Waals surface area contributed by atoms with E-state index in [-0.39, 0.29) is 0 Å². The smallest absolute Gasteiger partial charge is 0.0323 e. The van der Waals surface area contributed by atoms with E-state index in [0.717, 1.165) is 11.8 Å². The predicted molar refractivity (Wildman–Crippen MR) is 71.1 cm³/mol. The fourth-order valence-corrected chi connectivity index (χ4v) is 2.09. The first-order valence-electron chi connectivity index (χ1n) is 6.70. The molecule has 0 fully saturated rings. The van der Waals surface area contributed by atoms with Crippen LogP contribution in [0.15, 0.2) is 12.2 Å². The number of allylic oxidation sites excluding steroid dienone is 1. The molecule has 0 saturated carbocycles. The number of hydrogen-bond acceptors (Lipinski definition) is 0. The maximum atomic E-state index is 3.96. The zero-order chi connectivity index (χ0) is 11.7. The van der Waals surface area contributed by atoms with Gasteiger partial charge >= 0.3 is 0 Å². The summed E-state index contributed by atoms with van der Waals surface area (Å²) in [6.07, 6.45) is 9.53. The second-order valence-corrected chi connectivity index (χ2v) is 5.43. The Kier molecular flexibility index (Phi) is 8.85. The molecule has 0 saturated heterocycles. The number of rotatable bonds is 9. The van der Waals surface area contributed by atoms with Crippen LogP contribution in [0.1, 0.15) is 72.6 Å². The van der Waals surface area contributed by atoms with Crippen LogP contribution >= 0.6 is 0 Å². The van der Waals surface area contributed by atoms with Crippen molar-refractivity contribution in [1.29, 1.82) is 0 Å². The van der Waals surface area contributed by atoms with Gasteiger partial charge in [-0.3, -0.25) is 0 Å². The SMILES string of the molecule is C=C(C)CCC(C)CCCC(C)CCC. The Morgan fingerprint density at radius 2 is 1.53 bits per heavy atom. The van der Waals surface area contributed by atoms with E-state index < -0.39 is 0 Å². The molecule has 0 radical (unpaired) electrons. The van der Waals surface area contributed by atoms with Gasteiger partial charge in [0.05, 0.1) is 0 Å². The minimum atomic E-state index is 0.885. The van der Waals surface area contributed by atoms with Crippen molar-refractivity contribution in [2.24, 2.45) is 11.8 Å². The Bertz CT molecular complexity index is 157. The second kappa shape index (κ2) is 9.00. The summed E-state index contributed by atoms with van der Waals surface area (Å²) in [5, 5.41) is 0. The maximum Gasteiger partial charge on any atom is -0.0323 e. The van der Waals surface area contributed by atoms with E-state index in [9.17, 15) is 0 Å². The van der Waals surface area contributed by atoms with Crippen molar-refractivity contribution in [3.8, 4) is 0 Å². The average molecular weight is 210 g/mol. The zero-order valence-corrected chi connectivity index (χ0v) is 11.3. The summed E-state index contributed by atoms with van der Waals surface area (Å²) in [6, 6.07) is 0. The second-order valence-electron chi connectivity index (χ2n) is 5.43. The largest absolute Gasteiger partial charge is 0.100 e. The topological polar surface area (TPSA) is 0 Å². The molecule has 0 aromatic heterocycles. The van der Waals surface area contributed by atoms with Gasteiger partial charge in [0.1, 0.15) is 0 Å². The van der Waals surface area contributed by atoms with E-state index in [0.29, 0.717) is 0 Å². The van der Waals surface area contributed by atoms with Gasteiger partial charge in [-0.25, -0.2) is 0 Å². The van der Waals surface area contributed by atoms with Crippen molar-refractivity contribution in [3.63, 3.8) is 0 Å². The Morgan fingerprint density at radius 3 is 2.00 bits per heavy atom. The average Bonchev–Trinajstić information content (AvgIpc) is 2.15. The quantitative estimate of drug-likeness (QED) is 0.435. The molecule has 0 heterocycles. The van der Waals surface area contributed by atoms with E-state index in [1.807, 2.05) is 0 Å². The van der Waals surface area contributed by atoms with Crippen molar-refractivity contribution in [3.05, 3.63) is 12.2 Å². The lowest BCUT2D eigenvalue weighted by atomic mass is 9.93. The minimum Gasteiger partial charge on any atom is -0.100 e. The van der Waals surface area contributed by atoms with E-state index in [1.54, 1.807) is 0 Å². The molecule has 90 valence electrons. The van der Waals surface area contributed by atoms with Crippen LogP contribution in [0.4, 0.5) is 0 Å². The highest BCUT2D eigenvalue weighted by molar-refractivity contribution is 4.87. The maximum absolute atomic E-state index is 3.96. The first kappa shape index (κ1) is 14.7. The molecular formula is C15H30. The highest BCUT2D eigenvalue weighted by Gasteiger charge is 2.04. The molecule has 0 bridgehead atoms. The van der Waals surface area contributed by atoms with Crippen LogP contribution in [0, 0.1) is 11.8 Å². The molecule has 0 aromatic carbocycles. The summed E-state index contributed by atoms with van der Waals surface area (Å²) in [5.41, 5.74) is 1.33. The van der Waals surface area contributed by atoms with Crippen LogP contribution in [0.5, 0.6) is 0 Å². The third-order valence-corrected chi connectivity index (χ3v) is 3.24. The normalized spacial score (nSPS) is 14.9. The van der Waals surface area contributed by atoms with Gasteiger partial charge < -0.3 is 0 Å². The van der Waals surface area contributed by atoms with Gasteiger partial charge in [0, 0.05) is 0 Å². The highest BCUT2D eigenvalue weighted by Crippen LogP contribution is 2.20. The monoisotopic (exact) mass is 210 g/mol. The summed E-state index contributed by atoms with van der Waals surface area (Å²) >= 11 is 0. The lowest BCUT2D eigenvalue weighted by Crippen LogP contribution is -1.98. The van der Waals surface area contributed by atoms with Gasteiger partial charge in [-0.1, -0.05) is 58.4 Å². The first-order valence-corrected chi connectivity index (χ1v) is 6.70. The van der Waals surface area contributed by atoms with Crippen LogP contribution in [0.2, 0.25) is 0 Å². The van der Waals surface area contributed by atoms with Crippen molar-refractivity contribution < 1.29 is 0 Å². The van der Waals surface area contributed by atoms with Gasteiger partial charge in [-0.05, 0) is 31.6 Å². The predicted octanol–water partition coefficient (Wildman–Crippen LogP) is 5.59. The van der Waals surface area contributed by atoms with Crippen molar-refractivity contribution in [2.45, 2.75) is 72.6 Å². The summed E-state index contributed by atoms with van der Waals surface area (Å²) in [7, 11) is 0. The molecule has 0 aliphatic rings. The molecule has 0 spiro atoms. The standard InChI is InChI=1S/C15H30/c1-6-8-14(4)9-7-10-15(5)12-11-13(2)3/h14-15H,2,6-12H2,1,3-5H3. The molecule has 2 unspecified atom stereocenters. The van der Waals surface area contributed by atoms with Gasteiger partial charge in [0.15, 0.2) is 0 Å². The summed E-state index contributed by atoms with van der Waals surface area (Å²) < 4.78 is 0. The molecule has 0 amide bonds. The van der Waals surface area contributed by atoms with Gasteiger partial charge in [-0.2, -0.15) is 0 Å². The van der Waals surface area contributed by atoms with Crippen LogP contribution in [0.3, 0.4) is 0 Å². The van der Waals surface area contributed by atoms with E-state index in [1.165, 1.54) is 50.5 Å². The van der Waals surface area contributed by atoms with E-state index in [2.05, 4.69) is 34.3 Å². The van der Waals surface area contributed by atoms with Gasteiger partial charge in [-0.15, -0.1) is 6.58 Å². The van der Waals surface area contributed by atoms with Crippen molar-refractivity contribution >= 4 is 0 Å². The lowest BCUT2D eigenvalue weighted by molar-refractivity contribution is 0.409. The zero-order valence-electron chi connectivity index (χ0n) is 11.3. The molecule has 0 aromatic rings. The Hall–Kier alpha value is -0.260. The minimum absolute atomic E-state index is 0.885. The van der Waals surface area contributed by atoms with Crippen molar-refractivity contribution in [2.75, 3.05) is 0 Å². The molecule has 0 heteroatoms. The molecule has 15 heavy (non-hydrogen) atoms. The van der Waals surface area contributed by atoms with E-state index in [4.69, 9.17) is 0 Å². The Labute approximate surface area is 97.2 Å². The number of hydrogen-bond donors (Lipinski definition) is 0. The van der Waals surface area contributed by atoms with Crippen molar-refractivity contribution in [1.82, 2.24) is 0 Å². The summed E-state index contributed by atoms with van der Waals surface area (Å²) in [5.74, 6) is 1.82. The molecule has 0 aliphatic carbocycles. The lowest BCUT2D eigenvalue weighted by Gasteiger charge is -2.13. The molecule has 2 atom stereocenters. The molecule has 0 rings (SSSR count). The third kappa shape index (κ3) is 10.0.